The van der Waals surface area contributed by atoms with Crippen molar-refractivity contribution in [2.45, 2.75) is 38.5 Å². The number of fused-ring (bicyclic) bond motifs is 1. The molecule has 1 unspecified atom stereocenters. The Morgan fingerprint density at radius 3 is 2.55 bits per heavy atom. The molecular weight excluding hydrogens is 266 g/mol. The predicted octanol–water partition coefficient (Wildman–Crippen LogP) is 5.75. The minimum atomic E-state index is 0.587. The average Bonchev–Trinajstić information content (AvgIpc) is 2.59. The molecule has 0 spiro atoms. The van der Waals surface area contributed by atoms with Gasteiger partial charge in [0.05, 0.1) is 5.52 Å². The normalized spacial score (nSPS) is 12.4. The highest BCUT2D eigenvalue weighted by atomic mass is 14.6. The monoisotopic (exact) mass is 289 g/mol. The van der Waals surface area contributed by atoms with Crippen LogP contribution in [0.2, 0.25) is 0 Å². The van der Waals surface area contributed by atoms with E-state index in [-0.39, 0.29) is 0 Å². The van der Waals surface area contributed by atoms with Crippen molar-refractivity contribution in [2.75, 3.05) is 0 Å². The lowest BCUT2D eigenvalue weighted by molar-refractivity contribution is 0.581. The predicted molar refractivity (Wildman–Crippen MR) is 94.2 cm³/mol. The molecule has 2 aromatic carbocycles. The Balaban J connectivity index is 1.84. The van der Waals surface area contributed by atoms with Gasteiger partial charge in [-0.15, -0.1) is 0 Å². The minimum absolute atomic E-state index is 0.587. The van der Waals surface area contributed by atoms with Gasteiger partial charge in [-0.25, -0.2) is 0 Å². The second-order valence-electron chi connectivity index (χ2n) is 5.99. The highest BCUT2D eigenvalue weighted by molar-refractivity contribution is 5.78. The van der Waals surface area contributed by atoms with Crippen LogP contribution in [0.3, 0.4) is 0 Å². The lowest BCUT2D eigenvalue weighted by atomic mass is 9.88. The van der Waals surface area contributed by atoms with E-state index in [9.17, 15) is 0 Å². The molecule has 0 saturated carbocycles. The van der Waals surface area contributed by atoms with Crippen molar-refractivity contribution >= 4 is 10.9 Å². The summed E-state index contributed by atoms with van der Waals surface area (Å²) in [5, 5.41) is 1.24. The van der Waals surface area contributed by atoms with Crippen molar-refractivity contribution in [3.05, 3.63) is 78.0 Å². The summed E-state index contributed by atoms with van der Waals surface area (Å²) in [6.45, 7) is 2.26. The molecule has 0 bridgehead atoms. The van der Waals surface area contributed by atoms with Crippen LogP contribution in [-0.4, -0.2) is 4.98 Å². The lowest BCUT2D eigenvalue weighted by Gasteiger charge is -2.17. The molecular formula is C21H23N. The number of hydrogen-bond acceptors (Lipinski definition) is 1. The lowest BCUT2D eigenvalue weighted by Crippen LogP contribution is -2.03. The second-order valence-corrected chi connectivity index (χ2v) is 5.99. The topological polar surface area (TPSA) is 12.9 Å². The summed E-state index contributed by atoms with van der Waals surface area (Å²) < 4.78 is 0. The van der Waals surface area contributed by atoms with Crippen molar-refractivity contribution < 1.29 is 0 Å². The van der Waals surface area contributed by atoms with E-state index < -0.39 is 0 Å². The number of benzene rings is 2. The second kappa shape index (κ2) is 7.22. The Morgan fingerprint density at radius 1 is 0.955 bits per heavy atom. The largest absolute Gasteiger partial charge is 0.256 e. The SMILES string of the molecule is CCCCC(Cc1cnc2ccccc2c1)c1ccccc1. The molecule has 3 rings (SSSR count). The molecule has 1 heteroatoms. The maximum atomic E-state index is 4.61. The van der Waals surface area contributed by atoms with E-state index in [4.69, 9.17) is 0 Å². The fourth-order valence-corrected chi connectivity index (χ4v) is 3.08. The zero-order valence-electron chi connectivity index (χ0n) is 13.2. The third-order valence-corrected chi connectivity index (χ3v) is 4.31. The van der Waals surface area contributed by atoms with E-state index in [1.54, 1.807) is 0 Å². The summed E-state index contributed by atoms with van der Waals surface area (Å²) in [6.07, 6.45) is 6.89. The smallest absolute Gasteiger partial charge is 0.0702 e. The first-order chi connectivity index (χ1) is 10.9. The van der Waals surface area contributed by atoms with Gasteiger partial charge in [0.25, 0.3) is 0 Å². The zero-order chi connectivity index (χ0) is 15.2. The van der Waals surface area contributed by atoms with Crippen molar-refractivity contribution in [1.29, 1.82) is 0 Å². The van der Waals surface area contributed by atoms with Gasteiger partial charge in [0.1, 0.15) is 0 Å². The molecule has 0 aliphatic rings. The van der Waals surface area contributed by atoms with Crippen LogP contribution in [0.1, 0.15) is 43.2 Å². The Labute approximate surface area is 133 Å². The third-order valence-electron chi connectivity index (χ3n) is 4.31. The molecule has 0 saturated heterocycles. The highest BCUT2D eigenvalue weighted by Gasteiger charge is 2.12. The molecule has 1 nitrogen and oxygen atoms in total. The molecule has 22 heavy (non-hydrogen) atoms. The van der Waals surface area contributed by atoms with E-state index in [0.717, 1.165) is 11.9 Å². The maximum absolute atomic E-state index is 4.61. The molecule has 1 heterocycles. The first kappa shape index (κ1) is 14.8. The average molecular weight is 289 g/mol. The van der Waals surface area contributed by atoms with Gasteiger partial charge < -0.3 is 0 Å². The van der Waals surface area contributed by atoms with Gasteiger partial charge >= 0.3 is 0 Å². The summed E-state index contributed by atoms with van der Waals surface area (Å²) >= 11 is 0. The van der Waals surface area contributed by atoms with E-state index in [0.29, 0.717) is 5.92 Å². The van der Waals surface area contributed by atoms with Gasteiger partial charge in [-0.05, 0) is 42.0 Å². The first-order valence-electron chi connectivity index (χ1n) is 8.25. The number of rotatable bonds is 6. The molecule has 0 radical (unpaired) electrons. The molecule has 0 amide bonds. The van der Waals surface area contributed by atoms with Gasteiger partial charge in [0, 0.05) is 11.6 Å². The Bertz CT molecular complexity index is 718. The van der Waals surface area contributed by atoms with Gasteiger partial charge in [-0.2, -0.15) is 0 Å². The Hall–Kier alpha value is -2.15. The number of aromatic nitrogens is 1. The van der Waals surface area contributed by atoms with Crippen molar-refractivity contribution in [2.24, 2.45) is 0 Å². The highest BCUT2D eigenvalue weighted by Crippen LogP contribution is 2.27. The molecule has 112 valence electrons. The Kier molecular flexibility index (Phi) is 4.85. The third kappa shape index (κ3) is 3.54. The van der Waals surface area contributed by atoms with Gasteiger partial charge in [-0.1, -0.05) is 68.3 Å². The molecule has 0 N–H and O–H groups in total. The summed E-state index contributed by atoms with van der Waals surface area (Å²) in [7, 11) is 0. The number of nitrogens with zero attached hydrogens (tertiary/aromatic N) is 1. The molecule has 0 fully saturated rings. The first-order valence-corrected chi connectivity index (χ1v) is 8.25. The van der Waals surface area contributed by atoms with Crippen molar-refractivity contribution in [3.63, 3.8) is 0 Å². The maximum Gasteiger partial charge on any atom is 0.0702 e. The fourth-order valence-electron chi connectivity index (χ4n) is 3.08. The summed E-state index contributed by atoms with van der Waals surface area (Å²) in [4.78, 5) is 4.61. The number of unbranched alkanes of at least 4 members (excludes halogenated alkanes) is 1. The standard InChI is InChI=1S/C21H23N/c1-2-3-9-19(18-10-5-4-6-11-18)14-17-15-20-12-7-8-13-21(20)22-16-17/h4-8,10-13,15-16,19H,2-3,9,14H2,1H3. The quantitative estimate of drug-likeness (QED) is 0.563. The number of hydrogen-bond donors (Lipinski definition) is 0. The van der Waals surface area contributed by atoms with E-state index in [1.807, 2.05) is 12.3 Å². The van der Waals surface area contributed by atoms with E-state index in [2.05, 4.69) is 66.5 Å². The zero-order valence-corrected chi connectivity index (χ0v) is 13.2. The van der Waals surface area contributed by atoms with E-state index in [1.165, 1.54) is 35.8 Å². The number of pyridine rings is 1. The summed E-state index contributed by atoms with van der Waals surface area (Å²) in [5.41, 5.74) is 3.86. The summed E-state index contributed by atoms with van der Waals surface area (Å²) in [5.74, 6) is 0.587. The number of para-hydroxylation sites is 1. The van der Waals surface area contributed by atoms with Crippen molar-refractivity contribution in [1.82, 2.24) is 4.98 Å². The minimum Gasteiger partial charge on any atom is -0.256 e. The van der Waals surface area contributed by atoms with E-state index >= 15 is 0 Å². The van der Waals surface area contributed by atoms with Crippen LogP contribution in [0.5, 0.6) is 0 Å². The van der Waals surface area contributed by atoms with Crippen LogP contribution in [0, 0.1) is 0 Å². The summed E-state index contributed by atoms with van der Waals surface area (Å²) in [6, 6.07) is 21.6. The molecule has 1 atom stereocenters. The Morgan fingerprint density at radius 2 is 1.73 bits per heavy atom. The molecule has 0 aliphatic heterocycles. The molecule has 3 aromatic rings. The van der Waals surface area contributed by atoms with Crippen LogP contribution in [0.4, 0.5) is 0 Å². The molecule has 1 aromatic heterocycles. The van der Waals surface area contributed by atoms with Gasteiger partial charge in [-0.3, -0.25) is 4.98 Å². The van der Waals surface area contributed by atoms with Gasteiger partial charge in [0.2, 0.25) is 0 Å². The van der Waals surface area contributed by atoms with Crippen molar-refractivity contribution in [3.8, 4) is 0 Å². The van der Waals surface area contributed by atoms with Crippen LogP contribution >= 0.6 is 0 Å². The van der Waals surface area contributed by atoms with Crippen LogP contribution in [-0.2, 0) is 6.42 Å². The van der Waals surface area contributed by atoms with Crippen LogP contribution in [0.25, 0.3) is 10.9 Å². The van der Waals surface area contributed by atoms with Gasteiger partial charge in [0.15, 0.2) is 0 Å². The van der Waals surface area contributed by atoms with Crippen LogP contribution < -0.4 is 0 Å². The van der Waals surface area contributed by atoms with Crippen LogP contribution in [0.15, 0.2) is 66.9 Å². The molecule has 0 aliphatic carbocycles. The fraction of sp³-hybridized carbons (Fsp3) is 0.286.